The number of amides is 8. The largest absolute Gasteiger partial charge is 0.458 e. The molecule has 4 aliphatic rings. The molecule has 3 aliphatic heterocycles. The molecular weight excluding hydrogens is 978 g/mol. The van der Waals surface area contributed by atoms with Gasteiger partial charge in [0.05, 0.1) is 54.7 Å². The quantitative estimate of drug-likeness (QED) is 0.0212. The normalized spacial score (nSPS) is 17.4. The van der Waals surface area contributed by atoms with Gasteiger partial charge in [-0.05, 0) is 67.3 Å². The maximum Gasteiger partial charge on any atom is 0.343 e. The number of cyclic esters (lactones) is 1. The third kappa shape index (κ3) is 11.6. The molecule has 8 amide bonds. The topological polar surface area (TPSA) is 303 Å². The first kappa shape index (κ1) is 53.1. The number of hydrogen-bond donors (Lipinski definition) is 7. The van der Waals surface area contributed by atoms with Gasteiger partial charge >= 0.3 is 5.97 Å². The standard InChI is InChI=1S/C52H56FN9O13/c1-3-52(73)33-19-38-48-31(24-62(38)50(71)32(33)25-75-51(52)72)47-35(14-13-30-28(2)34(53)20-36(60-48)46(30)47)58-43(67)26-74-27-57-41(65)22-56-49(70)37(18-29-10-6-4-7-11-29)59-42(66)23-55-40(64)21-54-39(63)12-8-5-9-17-61-44(68)15-16-45(61)69/h4,6-7,10-11,15-16,19-20,35,37,73H,3,5,8-9,12-14,17-18,21-27H2,1-2H3,(H,54,63)(H,55,64)(H,56,70)(H,57,65)(H,58,67)(H,59,66)/t35-,37-,52?/m0/s1. The van der Waals surface area contributed by atoms with Gasteiger partial charge in [-0.25, -0.2) is 14.2 Å². The summed E-state index contributed by atoms with van der Waals surface area (Å²) >= 11 is 0. The van der Waals surface area contributed by atoms with E-state index in [1.165, 1.54) is 22.8 Å². The number of carbonyl (C=O) groups excluding carboxylic acids is 9. The van der Waals surface area contributed by atoms with Crippen LogP contribution in [0.15, 0.2) is 59.4 Å². The Labute approximate surface area is 428 Å². The van der Waals surface area contributed by atoms with E-state index < -0.39 is 103 Å². The second kappa shape index (κ2) is 22.9. The van der Waals surface area contributed by atoms with Gasteiger partial charge in [-0.3, -0.25) is 48.1 Å². The van der Waals surface area contributed by atoms with Crippen molar-refractivity contribution in [3.8, 4) is 11.4 Å². The Bertz CT molecular complexity index is 3090. The number of unbranched alkanes of at least 4 members (excludes halogenated alkanes) is 2. The van der Waals surface area contributed by atoms with Gasteiger partial charge in [0.1, 0.15) is 31.8 Å². The van der Waals surface area contributed by atoms with Crippen molar-refractivity contribution >= 4 is 64.1 Å². The van der Waals surface area contributed by atoms with Crippen LogP contribution in [0.3, 0.4) is 0 Å². The molecule has 3 atom stereocenters. The first-order valence-corrected chi connectivity index (χ1v) is 24.6. The molecule has 22 nitrogen and oxygen atoms in total. The third-order valence-corrected chi connectivity index (χ3v) is 13.8. The van der Waals surface area contributed by atoms with Crippen molar-refractivity contribution in [2.45, 2.75) is 96.1 Å². The summed E-state index contributed by atoms with van der Waals surface area (Å²) in [4.78, 5) is 133. The zero-order valence-corrected chi connectivity index (χ0v) is 41.2. The Balaban J connectivity index is 0.805. The number of carbonyl (C=O) groups is 9. The summed E-state index contributed by atoms with van der Waals surface area (Å²) < 4.78 is 27.5. The number of rotatable bonds is 22. The highest BCUT2D eigenvalue weighted by atomic mass is 19.1. The van der Waals surface area contributed by atoms with Crippen LogP contribution in [-0.4, -0.2) is 118 Å². The van der Waals surface area contributed by atoms with Crippen molar-refractivity contribution in [3.63, 3.8) is 0 Å². The molecule has 0 saturated heterocycles. The van der Waals surface area contributed by atoms with Gasteiger partial charge in [0.15, 0.2) is 5.60 Å². The van der Waals surface area contributed by atoms with E-state index in [1.807, 2.05) is 0 Å². The van der Waals surface area contributed by atoms with Gasteiger partial charge in [-0.1, -0.05) is 43.7 Å². The molecule has 4 aromatic rings. The van der Waals surface area contributed by atoms with Crippen molar-refractivity contribution in [1.82, 2.24) is 46.4 Å². The second-order valence-electron chi connectivity index (χ2n) is 18.6. The molecule has 1 aliphatic carbocycles. The van der Waals surface area contributed by atoms with E-state index in [0.717, 1.165) is 10.5 Å². The van der Waals surface area contributed by atoms with E-state index in [1.54, 1.807) is 50.2 Å². The number of ether oxygens (including phenoxy) is 2. The molecule has 0 bridgehead atoms. The summed E-state index contributed by atoms with van der Waals surface area (Å²) in [6.45, 7) is 0.880. The third-order valence-electron chi connectivity index (χ3n) is 13.8. The van der Waals surface area contributed by atoms with Crippen LogP contribution in [0.25, 0.3) is 22.3 Å². The lowest BCUT2D eigenvalue weighted by Gasteiger charge is -2.31. The molecule has 5 heterocycles. The maximum atomic E-state index is 15.4. The fourth-order valence-electron chi connectivity index (χ4n) is 9.76. The van der Waals surface area contributed by atoms with Gasteiger partial charge in [0, 0.05) is 54.1 Å². The Morgan fingerprint density at radius 1 is 0.867 bits per heavy atom. The Morgan fingerprint density at radius 3 is 2.32 bits per heavy atom. The molecule has 2 aromatic carbocycles. The fraction of sp³-hybridized carbons (Fsp3) is 0.404. The summed E-state index contributed by atoms with van der Waals surface area (Å²) in [5, 5.41) is 27.4. The highest BCUT2D eigenvalue weighted by Gasteiger charge is 2.46. The number of aryl methyl sites for hydroxylation is 1. The van der Waals surface area contributed by atoms with Crippen LogP contribution < -0.4 is 37.5 Å². The number of aliphatic hydroxyl groups is 1. The van der Waals surface area contributed by atoms with Crippen LogP contribution in [-0.2, 0) is 84.2 Å². The van der Waals surface area contributed by atoms with E-state index in [-0.39, 0.29) is 61.9 Å². The molecule has 0 spiro atoms. The SMILES string of the molecule is CCC1(O)C(=O)OCc2c1cc1n(c2=O)Cc2c-1nc1cc(F)c(C)c3c1c2[C@@H](NC(=O)COCNC(=O)CNC(=O)[C@H](Cc1ccccc1)NC(=O)CNC(=O)CNC(=O)CCCCCN1C(=O)C=CC1=O)CC3. The molecule has 75 heavy (non-hydrogen) atoms. The van der Waals surface area contributed by atoms with E-state index in [9.17, 15) is 53.1 Å². The monoisotopic (exact) mass is 1030 g/mol. The molecular formula is C52H56FN9O13. The Kier molecular flexibility index (Phi) is 16.2. The second-order valence-corrected chi connectivity index (χ2v) is 18.6. The van der Waals surface area contributed by atoms with Crippen LogP contribution in [0.5, 0.6) is 0 Å². The molecule has 394 valence electrons. The van der Waals surface area contributed by atoms with E-state index >= 15 is 4.39 Å². The van der Waals surface area contributed by atoms with Gasteiger partial charge in [-0.2, -0.15) is 0 Å². The van der Waals surface area contributed by atoms with Crippen molar-refractivity contribution in [3.05, 3.63) is 110 Å². The summed E-state index contributed by atoms with van der Waals surface area (Å²) in [5.74, 6) is -5.79. The van der Waals surface area contributed by atoms with Crippen molar-refractivity contribution in [1.29, 1.82) is 0 Å². The summed E-state index contributed by atoms with van der Waals surface area (Å²) in [6.07, 6.45) is 4.82. The first-order chi connectivity index (χ1) is 36.0. The molecule has 0 saturated carbocycles. The number of nitrogens with zero attached hydrogens (tertiary/aromatic N) is 3. The number of aromatic nitrogens is 2. The Morgan fingerprint density at radius 2 is 1.57 bits per heavy atom. The van der Waals surface area contributed by atoms with Crippen LogP contribution in [0.4, 0.5) is 4.39 Å². The minimum atomic E-state index is -2.05. The van der Waals surface area contributed by atoms with Crippen LogP contribution >= 0.6 is 0 Å². The fourth-order valence-corrected chi connectivity index (χ4v) is 9.76. The van der Waals surface area contributed by atoms with Gasteiger partial charge in [-0.15, -0.1) is 0 Å². The zero-order valence-electron chi connectivity index (χ0n) is 41.2. The molecule has 0 fully saturated rings. The molecule has 0 radical (unpaired) electrons. The predicted octanol–water partition coefficient (Wildman–Crippen LogP) is 0.282. The Hall–Kier alpha value is -8.18. The number of pyridine rings is 2. The van der Waals surface area contributed by atoms with Crippen molar-refractivity contribution < 1.29 is 62.1 Å². The molecule has 7 N–H and O–H groups in total. The first-order valence-electron chi connectivity index (χ1n) is 24.6. The number of hydrogen-bond acceptors (Lipinski definition) is 14. The highest BCUT2D eigenvalue weighted by molar-refractivity contribution is 6.12. The maximum absolute atomic E-state index is 15.4. The number of nitrogens with one attached hydrogen (secondary N) is 6. The number of benzene rings is 2. The van der Waals surface area contributed by atoms with Gasteiger partial charge in [0.25, 0.3) is 17.4 Å². The number of fused-ring (bicyclic) bond motifs is 5. The minimum absolute atomic E-state index is 0.0366. The van der Waals surface area contributed by atoms with Crippen LogP contribution in [0, 0.1) is 12.7 Å². The van der Waals surface area contributed by atoms with Crippen molar-refractivity contribution in [2.75, 3.05) is 39.5 Å². The minimum Gasteiger partial charge on any atom is -0.458 e. The lowest BCUT2D eigenvalue weighted by molar-refractivity contribution is -0.172. The average Bonchev–Trinajstić information content (AvgIpc) is 3.98. The molecule has 1 unspecified atom stereocenters. The van der Waals surface area contributed by atoms with Crippen molar-refractivity contribution in [2.24, 2.45) is 0 Å². The van der Waals surface area contributed by atoms with Gasteiger partial charge in [0.2, 0.25) is 35.4 Å². The van der Waals surface area contributed by atoms with E-state index in [0.29, 0.717) is 76.6 Å². The van der Waals surface area contributed by atoms with Crippen LogP contribution in [0.2, 0.25) is 0 Å². The van der Waals surface area contributed by atoms with E-state index in [4.69, 9.17) is 14.5 Å². The smallest absolute Gasteiger partial charge is 0.343 e. The molecule has 8 rings (SSSR count). The highest BCUT2D eigenvalue weighted by Crippen LogP contribution is 2.46. The number of esters is 1. The van der Waals surface area contributed by atoms with E-state index in [2.05, 4.69) is 31.9 Å². The summed E-state index contributed by atoms with van der Waals surface area (Å²) in [6, 6.07) is 9.83. The lowest BCUT2D eigenvalue weighted by Crippen LogP contribution is -2.52. The summed E-state index contributed by atoms with van der Waals surface area (Å²) in [7, 11) is 0. The zero-order chi connectivity index (χ0) is 53.6. The predicted molar refractivity (Wildman–Crippen MR) is 263 cm³/mol. The summed E-state index contributed by atoms with van der Waals surface area (Å²) in [5.41, 5.74) is 1.84. The van der Waals surface area contributed by atoms with Crippen LogP contribution in [0.1, 0.15) is 90.4 Å². The molecule has 23 heteroatoms. The number of halogens is 1. The average molecular weight is 1030 g/mol. The molecule has 2 aromatic heterocycles. The van der Waals surface area contributed by atoms with Gasteiger partial charge < -0.3 is 51.0 Å². The number of imide groups is 1. The lowest BCUT2D eigenvalue weighted by atomic mass is 9.81.